The second-order valence-electron chi connectivity index (χ2n) is 2.47. The third-order valence-corrected chi connectivity index (χ3v) is 3.27. The highest BCUT2D eigenvalue weighted by atomic mass is 79.9. The fourth-order valence-electron chi connectivity index (χ4n) is 0.919. The molecular weight excluding hydrogens is 224 g/mol. The van der Waals surface area contributed by atoms with Crippen molar-refractivity contribution in [1.82, 2.24) is 0 Å². The third-order valence-electron chi connectivity index (χ3n) is 1.48. The van der Waals surface area contributed by atoms with Crippen molar-refractivity contribution < 1.29 is 5.11 Å². The van der Waals surface area contributed by atoms with E-state index in [9.17, 15) is 5.11 Å². The molecule has 0 aromatic carbocycles. The molecule has 62 valence electrons. The summed E-state index contributed by atoms with van der Waals surface area (Å²) < 4.78 is 1.06. The summed E-state index contributed by atoms with van der Waals surface area (Å²) in [5, 5.41) is 11.5. The van der Waals surface area contributed by atoms with Gasteiger partial charge in [0.05, 0.1) is 6.10 Å². The van der Waals surface area contributed by atoms with Crippen molar-refractivity contribution in [3.8, 4) is 0 Å². The van der Waals surface area contributed by atoms with Crippen LogP contribution < -0.4 is 0 Å². The minimum Gasteiger partial charge on any atom is -0.388 e. The average Bonchev–Trinajstić information content (AvgIpc) is 2.36. The SMILES string of the molecule is CCCC(O)c1cc(Br)cs1. The van der Waals surface area contributed by atoms with Crippen molar-refractivity contribution in [3.63, 3.8) is 0 Å². The molecule has 0 saturated carbocycles. The predicted octanol–water partition coefficient (Wildman–Crippen LogP) is 3.34. The van der Waals surface area contributed by atoms with E-state index >= 15 is 0 Å². The molecule has 1 aromatic rings. The van der Waals surface area contributed by atoms with Gasteiger partial charge >= 0.3 is 0 Å². The van der Waals surface area contributed by atoms with Crippen LogP contribution in [0.2, 0.25) is 0 Å². The van der Waals surface area contributed by atoms with Gasteiger partial charge in [-0.2, -0.15) is 0 Å². The van der Waals surface area contributed by atoms with Crippen molar-refractivity contribution in [1.29, 1.82) is 0 Å². The first kappa shape index (κ1) is 9.23. The Kier molecular flexibility index (Phi) is 3.55. The van der Waals surface area contributed by atoms with Gasteiger partial charge in [0, 0.05) is 14.7 Å². The molecule has 0 aliphatic carbocycles. The fraction of sp³-hybridized carbons (Fsp3) is 0.500. The predicted molar refractivity (Wildman–Crippen MR) is 51.9 cm³/mol. The molecule has 0 amide bonds. The van der Waals surface area contributed by atoms with E-state index in [-0.39, 0.29) is 6.10 Å². The maximum Gasteiger partial charge on any atom is 0.0882 e. The van der Waals surface area contributed by atoms with Gasteiger partial charge in [-0.05, 0) is 28.4 Å². The van der Waals surface area contributed by atoms with Crippen LogP contribution in [-0.4, -0.2) is 5.11 Å². The molecule has 1 aromatic heterocycles. The molecule has 1 heterocycles. The normalized spacial score (nSPS) is 13.4. The van der Waals surface area contributed by atoms with Gasteiger partial charge in [-0.1, -0.05) is 13.3 Å². The van der Waals surface area contributed by atoms with Crippen molar-refractivity contribution in [2.75, 3.05) is 0 Å². The minimum absolute atomic E-state index is 0.267. The Morgan fingerprint density at radius 1 is 1.73 bits per heavy atom. The molecule has 1 rings (SSSR count). The lowest BCUT2D eigenvalue weighted by Crippen LogP contribution is -1.91. The van der Waals surface area contributed by atoms with Gasteiger partial charge in [0.25, 0.3) is 0 Å². The van der Waals surface area contributed by atoms with Gasteiger partial charge < -0.3 is 5.11 Å². The number of aliphatic hydroxyl groups is 1. The van der Waals surface area contributed by atoms with Crippen LogP contribution >= 0.6 is 27.3 Å². The highest BCUT2D eigenvalue weighted by Gasteiger charge is 2.07. The largest absolute Gasteiger partial charge is 0.388 e. The van der Waals surface area contributed by atoms with Crippen LogP contribution in [0.4, 0.5) is 0 Å². The second-order valence-corrected chi connectivity index (χ2v) is 4.33. The highest BCUT2D eigenvalue weighted by molar-refractivity contribution is 9.10. The Morgan fingerprint density at radius 3 is 2.91 bits per heavy atom. The molecule has 1 nitrogen and oxygen atoms in total. The highest BCUT2D eigenvalue weighted by Crippen LogP contribution is 2.27. The quantitative estimate of drug-likeness (QED) is 0.851. The van der Waals surface area contributed by atoms with E-state index < -0.39 is 0 Å². The number of halogens is 1. The van der Waals surface area contributed by atoms with Gasteiger partial charge in [0.2, 0.25) is 0 Å². The summed E-state index contributed by atoms with van der Waals surface area (Å²) in [6.07, 6.45) is 1.61. The van der Waals surface area contributed by atoms with Crippen LogP contribution in [0, 0.1) is 0 Å². The van der Waals surface area contributed by atoms with E-state index in [0.29, 0.717) is 0 Å². The van der Waals surface area contributed by atoms with Crippen molar-refractivity contribution in [3.05, 3.63) is 20.8 Å². The van der Waals surface area contributed by atoms with Crippen molar-refractivity contribution in [2.24, 2.45) is 0 Å². The topological polar surface area (TPSA) is 20.2 Å². The molecule has 0 aliphatic rings. The number of aliphatic hydroxyl groups excluding tert-OH is 1. The smallest absolute Gasteiger partial charge is 0.0882 e. The monoisotopic (exact) mass is 234 g/mol. The summed E-state index contributed by atoms with van der Waals surface area (Å²) in [5.74, 6) is 0. The molecule has 1 N–H and O–H groups in total. The third kappa shape index (κ3) is 2.58. The van der Waals surface area contributed by atoms with Gasteiger partial charge in [0.1, 0.15) is 0 Å². The van der Waals surface area contributed by atoms with Crippen molar-refractivity contribution in [2.45, 2.75) is 25.9 Å². The molecule has 1 atom stereocenters. The molecule has 3 heteroatoms. The summed E-state index contributed by atoms with van der Waals surface area (Å²) in [5.41, 5.74) is 0. The molecule has 0 bridgehead atoms. The van der Waals surface area contributed by atoms with Gasteiger partial charge in [-0.15, -0.1) is 11.3 Å². The summed E-state index contributed by atoms with van der Waals surface area (Å²) in [6, 6.07) is 1.98. The minimum atomic E-state index is -0.267. The van der Waals surface area contributed by atoms with Crippen LogP contribution in [0.3, 0.4) is 0 Å². The summed E-state index contributed by atoms with van der Waals surface area (Å²) in [7, 11) is 0. The Hall–Kier alpha value is 0.140. The molecule has 0 fully saturated rings. The zero-order valence-corrected chi connectivity index (χ0v) is 8.78. The lowest BCUT2D eigenvalue weighted by Gasteiger charge is -2.04. The standard InChI is InChI=1S/C8H11BrOS/c1-2-3-7(10)8-4-6(9)5-11-8/h4-5,7,10H,2-3H2,1H3. The van der Waals surface area contributed by atoms with E-state index in [4.69, 9.17) is 0 Å². The molecule has 11 heavy (non-hydrogen) atoms. The summed E-state index contributed by atoms with van der Waals surface area (Å²) >= 11 is 4.95. The van der Waals surface area contributed by atoms with Gasteiger partial charge in [0.15, 0.2) is 0 Å². The van der Waals surface area contributed by atoms with Crippen LogP contribution in [0.25, 0.3) is 0 Å². The van der Waals surface area contributed by atoms with Crippen molar-refractivity contribution >= 4 is 27.3 Å². The first-order valence-corrected chi connectivity index (χ1v) is 5.33. The maximum absolute atomic E-state index is 9.52. The van der Waals surface area contributed by atoms with E-state index in [1.54, 1.807) is 11.3 Å². The number of rotatable bonds is 3. The lowest BCUT2D eigenvalue weighted by molar-refractivity contribution is 0.170. The fourth-order valence-corrected chi connectivity index (χ4v) is 2.38. The van der Waals surface area contributed by atoms with E-state index in [2.05, 4.69) is 22.9 Å². The Balaban J connectivity index is 2.60. The first-order valence-electron chi connectivity index (χ1n) is 3.66. The van der Waals surface area contributed by atoms with Crippen LogP contribution in [0.15, 0.2) is 15.9 Å². The van der Waals surface area contributed by atoms with Gasteiger partial charge in [-0.3, -0.25) is 0 Å². The van der Waals surface area contributed by atoms with Crippen LogP contribution in [0.1, 0.15) is 30.7 Å². The zero-order valence-electron chi connectivity index (χ0n) is 6.38. The van der Waals surface area contributed by atoms with E-state index in [1.807, 2.05) is 11.4 Å². The van der Waals surface area contributed by atoms with Crippen LogP contribution in [0.5, 0.6) is 0 Å². The molecule has 1 unspecified atom stereocenters. The number of thiophene rings is 1. The summed E-state index contributed by atoms with van der Waals surface area (Å²) in [4.78, 5) is 1.05. The van der Waals surface area contributed by atoms with Crippen LogP contribution in [-0.2, 0) is 0 Å². The number of hydrogen-bond donors (Lipinski definition) is 1. The Morgan fingerprint density at radius 2 is 2.45 bits per heavy atom. The first-order chi connectivity index (χ1) is 5.24. The van der Waals surface area contributed by atoms with Gasteiger partial charge in [-0.25, -0.2) is 0 Å². The van der Waals surface area contributed by atoms with E-state index in [1.165, 1.54) is 0 Å². The summed E-state index contributed by atoms with van der Waals surface area (Å²) in [6.45, 7) is 2.08. The number of hydrogen-bond acceptors (Lipinski definition) is 2. The molecule has 0 aliphatic heterocycles. The Labute approximate surface area is 79.2 Å². The average molecular weight is 235 g/mol. The maximum atomic E-state index is 9.52. The second kappa shape index (κ2) is 4.24. The molecule has 0 spiro atoms. The molecule has 0 saturated heterocycles. The lowest BCUT2D eigenvalue weighted by atomic mass is 10.2. The molecule has 0 radical (unpaired) electrons. The van der Waals surface area contributed by atoms with E-state index in [0.717, 1.165) is 22.2 Å². The zero-order chi connectivity index (χ0) is 8.27. The molecular formula is C8H11BrOS. The Bertz CT molecular complexity index is 222.